The maximum Gasteiger partial charge on any atom is 0.170 e. The molecule has 1 aromatic rings. The van der Waals surface area contributed by atoms with E-state index in [4.69, 9.17) is 10.9 Å². The van der Waals surface area contributed by atoms with Crippen molar-refractivity contribution in [3.8, 4) is 0 Å². The standard InChI is InChI=1S/C14H21FN4O/c1-9-7-19(8-13(9)18(2)3)12-5-4-10(6-11(12)15)14(16)17-20/h4-6,9,13,20H,7-8H2,1-3H3,(H2,16,17). The lowest BCUT2D eigenvalue weighted by molar-refractivity contribution is 0.266. The van der Waals surface area contributed by atoms with Gasteiger partial charge >= 0.3 is 0 Å². The SMILES string of the molecule is CC1CN(c2ccc(/C(N)=N/O)cc2F)CC1N(C)C. The molecule has 2 atom stereocenters. The highest BCUT2D eigenvalue weighted by atomic mass is 19.1. The fourth-order valence-electron chi connectivity index (χ4n) is 2.80. The van der Waals surface area contributed by atoms with E-state index in [1.165, 1.54) is 6.07 Å². The van der Waals surface area contributed by atoms with Crippen LogP contribution in [0.25, 0.3) is 0 Å². The predicted molar refractivity (Wildman–Crippen MR) is 77.8 cm³/mol. The minimum absolute atomic E-state index is 0.0867. The molecule has 2 rings (SSSR count). The van der Waals surface area contributed by atoms with Crippen molar-refractivity contribution >= 4 is 11.5 Å². The molecule has 0 amide bonds. The van der Waals surface area contributed by atoms with Crippen LogP contribution in [0, 0.1) is 11.7 Å². The zero-order valence-electron chi connectivity index (χ0n) is 12.0. The summed E-state index contributed by atoms with van der Waals surface area (Å²) >= 11 is 0. The van der Waals surface area contributed by atoms with Gasteiger partial charge in [-0.3, -0.25) is 0 Å². The maximum absolute atomic E-state index is 14.2. The van der Waals surface area contributed by atoms with Crippen LogP contribution in [0.15, 0.2) is 23.4 Å². The molecule has 0 bridgehead atoms. The Labute approximate surface area is 118 Å². The van der Waals surface area contributed by atoms with Crippen LogP contribution in [0.1, 0.15) is 12.5 Å². The summed E-state index contributed by atoms with van der Waals surface area (Å²) in [5, 5.41) is 11.5. The molecule has 1 heterocycles. The van der Waals surface area contributed by atoms with E-state index in [-0.39, 0.29) is 11.7 Å². The summed E-state index contributed by atoms with van der Waals surface area (Å²) in [6.45, 7) is 3.80. The lowest BCUT2D eigenvalue weighted by atomic mass is 10.1. The third kappa shape index (κ3) is 2.70. The number of benzene rings is 1. The number of anilines is 1. The van der Waals surface area contributed by atoms with E-state index in [9.17, 15) is 4.39 Å². The van der Waals surface area contributed by atoms with Gasteiger partial charge in [-0.25, -0.2) is 4.39 Å². The average Bonchev–Trinajstić information content (AvgIpc) is 2.79. The van der Waals surface area contributed by atoms with Gasteiger partial charge in [-0.15, -0.1) is 0 Å². The zero-order chi connectivity index (χ0) is 14.9. The monoisotopic (exact) mass is 280 g/mol. The molecule has 0 aromatic heterocycles. The van der Waals surface area contributed by atoms with Gasteiger partial charge in [-0.2, -0.15) is 0 Å². The normalized spacial score (nSPS) is 23.6. The highest BCUT2D eigenvalue weighted by Crippen LogP contribution is 2.28. The van der Waals surface area contributed by atoms with Crippen molar-refractivity contribution in [1.82, 2.24) is 4.90 Å². The van der Waals surface area contributed by atoms with Gasteiger partial charge in [0.15, 0.2) is 5.84 Å². The fraction of sp³-hybridized carbons (Fsp3) is 0.500. The summed E-state index contributed by atoms with van der Waals surface area (Å²) in [5.41, 5.74) is 6.41. The molecular formula is C14H21FN4O. The number of amidine groups is 1. The van der Waals surface area contributed by atoms with Crippen LogP contribution >= 0.6 is 0 Å². The third-order valence-electron chi connectivity index (χ3n) is 3.93. The molecule has 1 aromatic carbocycles. The van der Waals surface area contributed by atoms with Crippen LogP contribution in [-0.2, 0) is 0 Å². The van der Waals surface area contributed by atoms with Gasteiger partial charge in [-0.1, -0.05) is 12.1 Å². The molecule has 1 saturated heterocycles. The number of halogens is 1. The molecule has 110 valence electrons. The van der Waals surface area contributed by atoms with Crippen LogP contribution in [0.2, 0.25) is 0 Å². The number of likely N-dealkylation sites (N-methyl/N-ethyl adjacent to an activating group) is 1. The zero-order valence-corrected chi connectivity index (χ0v) is 12.0. The summed E-state index contributed by atoms with van der Waals surface area (Å²) in [5.74, 6) is 0.0465. The second-order valence-electron chi connectivity index (χ2n) is 5.56. The predicted octanol–water partition coefficient (Wildman–Crippen LogP) is 1.31. The lowest BCUT2D eigenvalue weighted by Crippen LogP contribution is -2.34. The van der Waals surface area contributed by atoms with Gasteiger partial charge in [0.25, 0.3) is 0 Å². The highest BCUT2D eigenvalue weighted by molar-refractivity contribution is 5.97. The van der Waals surface area contributed by atoms with Crippen molar-refractivity contribution in [2.24, 2.45) is 16.8 Å². The first-order valence-corrected chi connectivity index (χ1v) is 6.63. The molecule has 0 spiro atoms. The van der Waals surface area contributed by atoms with E-state index < -0.39 is 0 Å². The number of nitrogens with zero attached hydrogens (tertiary/aromatic N) is 3. The van der Waals surface area contributed by atoms with Crippen LogP contribution in [0.4, 0.5) is 10.1 Å². The van der Waals surface area contributed by atoms with Crippen molar-refractivity contribution in [2.45, 2.75) is 13.0 Å². The van der Waals surface area contributed by atoms with Crippen molar-refractivity contribution in [3.63, 3.8) is 0 Å². The molecule has 0 radical (unpaired) electrons. The molecule has 1 fully saturated rings. The summed E-state index contributed by atoms with van der Waals surface area (Å²) in [6.07, 6.45) is 0. The third-order valence-corrected chi connectivity index (χ3v) is 3.93. The Kier molecular flexibility index (Phi) is 4.13. The van der Waals surface area contributed by atoms with Crippen LogP contribution in [0.5, 0.6) is 0 Å². The lowest BCUT2D eigenvalue weighted by Gasteiger charge is -2.23. The Hall–Kier alpha value is -1.82. The van der Waals surface area contributed by atoms with Gasteiger partial charge in [0, 0.05) is 24.7 Å². The Morgan fingerprint density at radius 3 is 2.65 bits per heavy atom. The Bertz CT molecular complexity index is 518. The van der Waals surface area contributed by atoms with Gasteiger partial charge in [0.05, 0.1) is 5.69 Å². The van der Waals surface area contributed by atoms with Gasteiger partial charge in [0.2, 0.25) is 0 Å². The van der Waals surface area contributed by atoms with Crippen molar-refractivity contribution in [1.29, 1.82) is 0 Å². The largest absolute Gasteiger partial charge is 0.409 e. The van der Waals surface area contributed by atoms with Gasteiger partial charge < -0.3 is 20.7 Å². The first-order valence-electron chi connectivity index (χ1n) is 6.63. The second kappa shape index (κ2) is 5.66. The van der Waals surface area contributed by atoms with Crippen LogP contribution in [0.3, 0.4) is 0 Å². The van der Waals surface area contributed by atoms with E-state index in [0.29, 0.717) is 23.2 Å². The molecule has 6 heteroatoms. The molecule has 3 N–H and O–H groups in total. The first-order chi connectivity index (χ1) is 9.43. The highest BCUT2D eigenvalue weighted by Gasteiger charge is 2.32. The van der Waals surface area contributed by atoms with E-state index in [1.807, 2.05) is 19.0 Å². The van der Waals surface area contributed by atoms with Crippen LogP contribution in [-0.4, -0.2) is 49.2 Å². The quantitative estimate of drug-likeness (QED) is 0.379. The molecular weight excluding hydrogens is 259 g/mol. The molecule has 5 nitrogen and oxygen atoms in total. The molecule has 20 heavy (non-hydrogen) atoms. The summed E-state index contributed by atoms with van der Waals surface area (Å²) in [7, 11) is 4.09. The van der Waals surface area contributed by atoms with E-state index in [0.717, 1.165) is 13.1 Å². The molecule has 1 aliphatic rings. The first kappa shape index (κ1) is 14.6. The van der Waals surface area contributed by atoms with E-state index in [2.05, 4.69) is 17.0 Å². The topological polar surface area (TPSA) is 65.1 Å². The summed E-state index contributed by atoms with van der Waals surface area (Å²) < 4.78 is 14.2. The minimum Gasteiger partial charge on any atom is -0.409 e. The Morgan fingerprint density at radius 2 is 2.15 bits per heavy atom. The number of rotatable bonds is 3. The summed E-state index contributed by atoms with van der Waals surface area (Å²) in [4.78, 5) is 4.22. The van der Waals surface area contributed by atoms with Gasteiger partial charge in [-0.05, 0) is 38.2 Å². The molecule has 0 aliphatic carbocycles. The van der Waals surface area contributed by atoms with Crippen molar-refractivity contribution < 1.29 is 9.60 Å². The Balaban J connectivity index is 2.23. The van der Waals surface area contributed by atoms with Crippen molar-refractivity contribution in [3.05, 3.63) is 29.6 Å². The smallest absolute Gasteiger partial charge is 0.170 e. The minimum atomic E-state index is -0.347. The van der Waals surface area contributed by atoms with E-state index >= 15 is 0 Å². The van der Waals surface area contributed by atoms with Crippen LogP contribution < -0.4 is 10.6 Å². The molecule has 1 aliphatic heterocycles. The number of hydrogen-bond acceptors (Lipinski definition) is 4. The fourth-order valence-corrected chi connectivity index (χ4v) is 2.80. The number of oxime groups is 1. The van der Waals surface area contributed by atoms with Gasteiger partial charge in [0.1, 0.15) is 5.82 Å². The summed E-state index contributed by atoms with van der Waals surface area (Å²) in [6, 6.07) is 5.07. The van der Waals surface area contributed by atoms with Crippen molar-refractivity contribution in [2.75, 3.05) is 32.1 Å². The number of nitrogens with two attached hydrogens (primary N) is 1. The molecule has 2 unspecified atom stereocenters. The second-order valence-corrected chi connectivity index (χ2v) is 5.56. The Morgan fingerprint density at radius 1 is 1.45 bits per heavy atom. The molecule has 0 saturated carbocycles. The average molecular weight is 280 g/mol. The van der Waals surface area contributed by atoms with E-state index in [1.54, 1.807) is 12.1 Å². The number of hydrogen-bond donors (Lipinski definition) is 2. The maximum atomic E-state index is 14.2.